The van der Waals surface area contributed by atoms with Gasteiger partial charge < -0.3 is 37.2 Å². The fourth-order valence-corrected chi connectivity index (χ4v) is 5.48. The van der Waals surface area contributed by atoms with Crippen LogP contribution in [0.3, 0.4) is 0 Å². The molecule has 0 aliphatic heterocycles. The Morgan fingerprint density at radius 1 is 0.655 bits per heavy atom. The monoisotopic (exact) mass is 482 g/mol. The molecule has 0 bridgehead atoms. The van der Waals surface area contributed by atoms with Crippen LogP contribution in [-0.4, -0.2) is 0 Å². The van der Waals surface area contributed by atoms with Gasteiger partial charge in [0.15, 0.2) is 0 Å². The van der Waals surface area contributed by atoms with Crippen LogP contribution < -0.4 is 37.2 Å². The van der Waals surface area contributed by atoms with Gasteiger partial charge in [0.1, 0.15) is 0 Å². The van der Waals surface area contributed by atoms with Gasteiger partial charge in [0.25, 0.3) is 0 Å². The number of hydrogen-bond donors (Lipinski definition) is 0. The van der Waals surface area contributed by atoms with E-state index in [0.29, 0.717) is 0 Å². The van der Waals surface area contributed by atoms with Crippen LogP contribution in [0.2, 0.25) is 0 Å². The van der Waals surface area contributed by atoms with E-state index in [0.717, 1.165) is 18.3 Å². The van der Waals surface area contributed by atoms with Crippen molar-refractivity contribution in [2.75, 3.05) is 0 Å². The predicted octanol–water partition coefficient (Wildman–Crippen LogP) is -1.84. The average molecular weight is 484 g/mol. The van der Waals surface area contributed by atoms with Crippen molar-refractivity contribution in [3.63, 3.8) is 0 Å². The summed E-state index contributed by atoms with van der Waals surface area (Å²) in [6, 6.07) is 15.9. The number of fused-ring (bicyclic) bond motifs is 3. The molecule has 2 aromatic rings. The van der Waals surface area contributed by atoms with Crippen molar-refractivity contribution < 1.29 is 58.9 Å². The summed E-state index contributed by atoms with van der Waals surface area (Å²) in [5.41, 5.74) is 9.11. The molecule has 2 fully saturated rings. The van der Waals surface area contributed by atoms with E-state index in [1.807, 2.05) is 0 Å². The fraction of sp³-hybridized carbons (Fsp3) is 0.520. The van der Waals surface area contributed by atoms with Gasteiger partial charge in [-0.1, -0.05) is 86.6 Å². The van der Waals surface area contributed by atoms with Crippen LogP contribution in [-0.2, 0) is 28.1 Å². The fourth-order valence-electron chi connectivity index (χ4n) is 5.48. The SMILES string of the molecule is [Cl-].[Cl-].[Cl-].[Ti+4].[c-]1cc(C2CCCCC2)cc2c1Cc1ccc(C3CCCCC3)cc1-2. The molecule has 0 N–H and O–H groups in total. The average Bonchev–Trinajstić information content (AvgIpc) is 3.06. The smallest absolute Gasteiger partial charge is 1.00 e. The van der Waals surface area contributed by atoms with Gasteiger partial charge in [-0.15, -0.1) is 5.56 Å². The van der Waals surface area contributed by atoms with E-state index in [4.69, 9.17) is 0 Å². The summed E-state index contributed by atoms with van der Waals surface area (Å²) in [5.74, 6) is 1.58. The minimum atomic E-state index is 0. The van der Waals surface area contributed by atoms with E-state index >= 15 is 0 Å². The first-order valence-electron chi connectivity index (χ1n) is 10.6. The molecule has 2 aromatic carbocycles. The largest absolute Gasteiger partial charge is 4.00 e. The zero-order valence-electron chi connectivity index (χ0n) is 17.0. The molecule has 0 saturated heterocycles. The van der Waals surface area contributed by atoms with Crippen molar-refractivity contribution in [2.24, 2.45) is 0 Å². The summed E-state index contributed by atoms with van der Waals surface area (Å²) in [6.07, 6.45) is 15.1. The molecular weight excluding hydrogens is 455 g/mol. The number of rotatable bonds is 2. The maximum absolute atomic E-state index is 3.66. The van der Waals surface area contributed by atoms with Crippen LogP contribution in [0.25, 0.3) is 11.1 Å². The second-order valence-electron chi connectivity index (χ2n) is 8.59. The van der Waals surface area contributed by atoms with Crippen LogP contribution in [0.15, 0.2) is 30.3 Å². The Hall–Kier alpha value is 0.0243. The molecule has 4 heteroatoms. The van der Waals surface area contributed by atoms with E-state index in [1.54, 1.807) is 11.1 Å². The van der Waals surface area contributed by atoms with Crippen LogP contribution in [0, 0.1) is 6.07 Å². The summed E-state index contributed by atoms with van der Waals surface area (Å²) in [5, 5.41) is 0. The summed E-state index contributed by atoms with van der Waals surface area (Å²) in [7, 11) is 0. The van der Waals surface area contributed by atoms with E-state index < -0.39 is 0 Å². The van der Waals surface area contributed by atoms with Gasteiger partial charge in [-0.25, -0.2) is 0 Å². The summed E-state index contributed by atoms with van der Waals surface area (Å²) >= 11 is 0. The van der Waals surface area contributed by atoms with Gasteiger partial charge in [-0.2, -0.15) is 29.3 Å². The van der Waals surface area contributed by atoms with Gasteiger partial charge >= 0.3 is 21.7 Å². The van der Waals surface area contributed by atoms with Crippen molar-refractivity contribution in [3.8, 4) is 11.1 Å². The van der Waals surface area contributed by atoms with Gasteiger partial charge in [0, 0.05) is 0 Å². The Morgan fingerprint density at radius 2 is 1.21 bits per heavy atom. The van der Waals surface area contributed by atoms with Gasteiger partial charge in [0.05, 0.1) is 0 Å². The molecule has 2 saturated carbocycles. The van der Waals surface area contributed by atoms with Crippen molar-refractivity contribution in [2.45, 2.75) is 82.5 Å². The normalized spacial score (nSPS) is 18.2. The number of halogens is 3. The summed E-state index contributed by atoms with van der Waals surface area (Å²) in [6.45, 7) is 0. The minimum Gasteiger partial charge on any atom is -1.00 e. The Labute approximate surface area is 210 Å². The molecule has 29 heavy (non-hydrogen) atoms. The molecule has 0 heterocycles. The van der Waals surface area contributed by atoms with E-state index in [1.165, 1.54) is 86.5 Å². The van der Waals surface area contributed by atoms with Crippen molar-refractivity contribution in [3.05, 3.63) is 58.7 Å². The van der Waals surface area contributed by atoms with Gasteiger partial charge in [-0.3, -0.25) is 0 Å². The Morgan fingerprint density at radius 3 is 1.83 bits per heavy atom. The molecule has 3 aliphatic carbocycles. The quantitative estimate of drug-likeness (QED) is 0.297. The first-order chi connectivity index (χ1) is 12.4. The Bertz CT molecular complexity index is 712. The van der Waals surface area contributed by atoms with Crippen LogP contribution >= 0.6 is 0 Å². The van der Waals surface area contributed by atoms with Gasteiger partial charge in [0.2, 0.25) is 0 Å². The molecular formula is C25H29Cl3Ti. The Balaban J connectivity index is 0.00000105. The molecule has 0 atom stereocenters. The number of benzene rings is 2. The second-order valence-corrected chi connectivity index (χ2v) is 8.59. The summed E-state index contributed by atoms with van der Waals surface area (Å²) in [4.78, 5) is 0. The van der Waals surface area contributed by atoms with E-state index in [-0.39, 0.29) is 58.9 Å². The third-order valence-corrected chi connectivity index (χ3v) is 6.99. The minimum absolute atomic E-state index is 0. The molecule has 3 aliphatic rings. The zero-order valence-corrected chi connectivity index (χ0v) is 20.8. The molecule has 154 valence electrons. The van der Waals surface area contributed by atoms with E-state index in [2.05, 4.69) is 36.4 Å². The van der Waals surface area contributed by atoms with Crippen molar-refractivity contribution >= 4 is 0 Å². The van der Waals surface area contributed by atoms with Crippen molar-refractivity contribution in [1.29, 1.82) is 0 Å². The molecule has 5 rings (SSSR count). The third-order valence-electron chi connectivity index (χ3n) is 6.99. The molecule has 0 aromatic heterocycles. The van der Waals surface area contributed by atoms with Crippen LogP contribution in [0.4, 0.5) is 0 Å². The third kappa shape index (κ3) is 5.64. The standard InChI is InChI=1S/C25H29.3ClH.Ti/c1-3-7-18(8-4-1)20-11-13-22-15-23-14-12-21(17-25(23)24(22)16-20)19-9-5-2-6-10-19;;;;/h11-13,16-19H,1-10,15H2;3*1H;/q-1;;;;+4/p-3. The zero-order chi connectivity index (χ0) is 16.6. The van der Waals surface area contributed by atoms with E-state index in [9.17, 15) is 0 Å². The van der Waals surface area contributed by atoms with Crippen LogP contribution in [0.5, 0.6) is 0 Å². The van der Waals surface area contributed by atoms with Gasteiger partial charge in [-0.05, 0) is 30.7 Å². The molecule has 0 unspecified atom stereocenters. The predicted molar refractivity (Wildman–Crippen MR) is 105 cm³/mol. The molecule has 0 spiro atoms. The second kappa shape index (κ2) is 12.2. The van der Waals surface area contributed by atoms with Crippen LogP contribution in [0.1, 0.15) is 98.3 Å². The number of hydrogen-bond acceptors (Lipinski definition) is 0. The first kappa shape index (κ1) is 27.1. The Kier molecular flexibility index (Phi) is 11.3. The summed E-state index contributed by atoms with van der Waals surface area (Å²) < 4.78 is 0. The van der Waals surface area contributed by atoms with Crippen molar-refractivity contribution in [1.82, 2.24) is 0 Å². The maximum Gasteiger partial charge on any atom is 4.00 e. The first-order valence-corrected chi connectivity index (χ1v) is 10.6. The molecule has 0 radical (unpaired) electrons. The molecule has 0 amide bonds. The maximum atomic E-state index is 3.66. The molecule has 0 nitrogen and oxygen atoms in total. The topological polar surface area (TPSA) is 0 Å².